The van der Waals surface area contributed by atoms with E-state index >= 15 is 0 Å². The normalized spacial score (nSPS) is 18.3. The minimum atomic E-state index is 0.267. The average molecular weight is 331 g/mol. The summed E-state index contributed by atoms with van der Waals surface area (Å²) in [5, 5.41) is 9.08. The fraction of sp³-hybridized carbons (Fsp3) is 0.562. The Labute approximate surface area is 138 Å². The number of thiophene rings is 1. The zero-order valence-electron chi connectivity index (χ0n) is 13.7. The third-order valence-electron chi connectivity index (χ3n) is 4.40. The number of hydrogen-bond donors (Lipinski definition) is 1. The van der Waals surface area contributed by atoms with Gasteiger partial charge in [-0.15, -0.1) is 16.4 Å². The molecule has 23 heavy (non-hydrogen) atoms. The Kier molecular flexibility index (Phi) is 3.69. The molecular weight excluding hydrogens is 310 g/mol. The molecule has 0 aromatic carbocycles. The summed E-state index contributed by atoms with van der Waals surface area (Å²) in [6.07, 6.45) is 3.53. The standard InChI is InChI=1S/C16H21N5OS/c1-4-12-9(2)13-14-18-10(3)20-21(14)16(19-15(13)23-12)17-8-11-6-5-7-22-11/h11H,4-8H2,1-3H3,(H,17,19)/t11-/m0/s1. The fourth-order valence-electron chi connectivity index (χ4n) is 3.22. The van der Waals surface area contributed by atoms with Crippen LogP contribution in [0.15, 0.2) is 0 Å². The van der Waals surface area contributed by atoms with Crippen LogP contribution in [-0.2, 0) is 11.2 Å². The first-order valence-electron chi connectivity index (χ1n) is 8.18. The molecule has 122 valence electrons. The molecule has 7 heteroatoms. The van der Waals surface area contributed by atoms with E-state index in [4.69, 9.17) is 9.72 Å². The molecule has 0 spiro atoms. The van der Waals surface area contributed by atoms with E-state index in [0.29, 0.717) is 0 Å². The van der Waals surface area contributed by atoms with E-state index in [9.17, 15) is 0 Å². The number of anilines is 1. The molecule has 0 saturated carbocycles. The molecule has 0 aliphatic carbocycles. The summed E-state index contributed by atoms with van der Waals surface area (Å²) in [4.78, 5) is 11.9. The molecule has 1 aliphatic heterocycles. The molecule has 4 rings (SSSR count). The number of nitrogens with zero attached hydrogens (tertiary/aromatic N) is 4. The minimum Gasteiger partial charge on any atom is -0.376 e. The molecule has 1 fully saturated rings. The topological polar surface area (TPSA) is 64.3 Å². The van der Waals surface area contributed by atoms with Crippen LogP contribution in [0.1, 0.15) is 36.0 Å². The van der Waals surface area contributed by atoms with E-state index in [1.807, 2.05) is 11.4 Å². The molecule has 0 amide bonds. The number of fused-ring (bicyclic) bond motifs is 3. The second-order valence-corrected chi connectivity index (χ2v) is 7.11. The molecule has 3 aromatic heterocycles. The lowest BCUT2D eigenvalue weighted by Crippen LogP contribution is -2.20. The van der Waals surface area contributed by atoms with Crippen LogP contribution in [0.4, 0.5) is 5.95 Å². The van der Waals surface area contributed by atoms with Crippen molar-refractivity contribution in [2.45, 2.75) is 46.1 Å². The first-order valence-corrected chi connectivity index (χ1v) is 9.00. The Hall–Kier alpha value is -1.73. The summed E-state index contributed by atoms with van der Waals surface area (Å²) in [5.74, 6) is 1.52. The maximum Gasteiger partial charge on any atom is 0.227 e. The molecule has 4 heterocycles. The molecular formula is C16H21N5OS. The Balaban J connectivity index is 1.81. The summed E-state index contributed by atoms with van der Waals surface area (Å²) in [7, 11) is 0. The van der Waals surface area contributed by atoms with Crippen LogP contribution in [-0.4, -0.2) is 38.8 Å². The Morgan fingerprint density at radius 2 is 2.22 bits per heavy atom. The summed E-state index contributed by atoms with van der Waals surface area (Å²) in [6, 6.07) is 0. The number of ether oxygens (including phenoxy) is 1. The van der Waals surface area contributed by atoms with E-state index in [2.05, 4.69) is 29.2 Å². The van der Waals surface area contributed by atoms with Gasteiger partial charge in [0.05, 0.1) is 11.5 Å². The van der Waals surface area contributed by atoms with Gasteiger partial charge in [-0.05, 0) is 38.7 Å². The van der Waals surface area contributed by atoms with Gasteiger partial charge in [-0.25, -0.2) is 9.97 Å². The van der Waals surface area contributed by atoms with Crippen LogP contribution < -0.4 is 5.32 Å². The minimum absolute atomic E-state index is 0.267. The Bertz CT molecular complexity index is 862. The van der Waals surface area contributed by atoms with Gasteiger partial charge in [-0.1, -0.05) is 6.92 Å². The quantitative estimate of drug-likeness (QED) is 0.796. The van der Waals surface area contributed by atoms with Crippen LogP contribution in [0.2, 0.25) is 0 Å². The van der Waals surface area contributed by atoms with E-state index < -0.39 is 0 Å². The molecule has 1 atom stereocenters. The van der Waals surface area contributed by atoms with Crippen molar-refractivity contribution in [1.82, 2.24) is 19.6 Å². The Morgan fingerprint density at radius 3 is 2.96 bits per heavy atom. The predicted molar refractivity (Wildman–Crippen MR) is 92.5 cm³/mol. The molecule has 3 aromatic rings. The number of nitrogens with one attached hydrogen (secondary N) is 1. The zero-order valence-corrected chi connectivity index (χ0v) is 14.5. The van der Waals surface area contributed by atoms with Crippen molar-refractivity contribution in [3.63, 3.8) is 0 Å². The van der Waals surface area contributed by atoms with Gasteiger partial charge < -0.3 is 10.1 Å². The highest BCUT2D eigenvalue weighted by Crippen LogP contribution is 2.33. The zero-order chi connectivity index (χ0) is 16.0. The van der Waals surface area contributed by atoms with E-state index in [1.165, 1.54) is 10.4 Å². The van der Waals surface area contributed by atoms with Crippen LogP contribution >= 0.6 is 11.3 Å². The van der Waals surface area contributed by atoms with Gasteiger partial charge in [-0.2, -0.15) is 4.52 Å². The van der Waals surface area contributed by atoms with Gasteiger partial charge in [0.15, 0.2) is 5.65 Å². The highest BCUT2D eigenvalue weighted by atomic mass is 32.1. The molecule has 1 N–H and O–H groups in total. The monoisotopic (exact) mass is 331 g/mol. The van der Waals surface area contributed by atoms with Gasteiger partial charge in [0.2, 0.25) is 5.95 Å². The van der Waals surface area contributed by atoms with Crippen LogP contribution in [0.25, 0.3) is 15.9 Å². The maximum absolute atomic E-state index is 5.69. The van der Waals surface area contributed by atoms with Gasteiger partial charge in [0.25, 0.3) is 0 Å². The number of rotatable bonds is 4. The number of aromatic nitrogens is 4. The third-order valence-corrected chi connectivity index (χ3v) is 5.73. The highest BCUT2D eigenvalue weighted by molar-refractivity contribution is 7.19. The summed E-state index contributed by atoms with van der Waals surface area (Å²) in [5.41, 5.74) is 2.18. The fourth-order valence-corrected chi connectivity index (χ4v) is 4.33. The van der Waals surface area contributed by atoms with E-state index in [1.54, 1.807) is 11.3 Å². The average Bonchev–Trinajstić information content (AvgIpc) is 3.23. The molecule has 0 radical (unpaired) electrons. The van der Waals surface area contributed by atoms with Crippen molar-refractivity contribution >= 4 is 33.1 Å². The van der Waals surface area contributed by atoms with Gasteiger partial charge in [0, 0.05) is 18.0 Å². The second-order valence-electron chi connectivity index (χ2n) is 6.03. The van der Waals surface area contributed by atoms with Crippen molar-refractivity contribution in [2.24, 2.45) is 0 Å². The molecule has 1 saturated heterocycles. The predicted octanol–water partition coefficient (Wildman–Crippen LogP) is 3.11. The van der Waals surface area contributed by atoms with E-state index in [0.717, 1.165) is 60.1 Å². The van der Waals surface area contributed by atoms with Gasteiger partial charge in [0.1, 0.15) is 10.7 Å². The summed E-state index contributed by atoms with van der Waals surface area (Å²) >= 11 is 1.76. The third kappa shape index (κ3) is 2.48. The van der Waals surface area contributed by atoms with Crippen molar-refractivity contribution < 1.29 is 4.74 Å². The SMILES string of the molecule is CCc1sc2nc(NC[C@@H]3CCCO3)n3nc(C)nc3c2c1C. The van der Waals surface area contributed by atoms with E-state index in [-0.39, 0.29) is 6.10 Å². The number of hydrogen-bond acceptors (Lipinski definition) is 6. The molecule has 0 unspecified atom stereocenters. The smallest absolute Gasteiger partial charge is 0.227 e. The highest BCUT2D eigenvalue weighted by Gasteiger charge is 2.20. The van der Waals surface area contributed by atoms with Gasteiger partial charge >= 0.3 is 0 Å². The summed E-state index contributed by atoms with van der Waals surface area (Å²) in [6.45, 7) is 7.88. The first-order chi connectivity index (χ1) is 11.2. The first kappa shape index (κ1) is 14.8. The number of aryl methyl sites for hydroxylation is 3. The Morgan fingerprint density at radius 1 is 1.35 bits per heavy atom. The van der Waals surface area contributed by atoms with Crippen LogP contribution in [0, 0.1) is 13.8 Å². The maximum atomic E-state index is 5.69. The largest absolute Gasteiger partial charge is 0.376 e. The lowest BCUT2D eigenvalue weighted by atomic mass is 10.2. The lowest BCUT2D eigenvalue weighted by molar-refractivity contribution is 0.120. The van der Waals surface area contributed by atoms with Crippen molar-refractivity contribution in [2.75, 3.05) is 18.5 Å². The van der Waals surface area contributed by atoms with Crippen molar-refractivity contribution in [1.29, 1.82) is 0 Å². The van der Waals surface area contributed by atoms with Crippen LogP contribution in [0.3, 0.4) is 0 Å². The van der Waals surface area contributed by atoms with Crippen molar-refractivity contribution in [3.8, 4) is 0 Å². The summed E-state index contributed by atoms with van der Waals surface area (Å²) < 4.78 is 7.53. The molecule has 1 aliphatic rings. The molecule has 6 nitrogen and oxygen atoms in total. The van der Waals surface area contributed by atoms with Gasteiger partial charge in [-0.3, -0.25) is 0 Å². The lowest BCUT2D eigenvalue weighted by Gasteiger charge is -2.12. The van der Waals surface area contributed by atoms with Crippen LogP contribution in [0.5, 0.6) is 0 Å². The second kappa shape index (κ2) is 5.72. The molecule has 0 bridgehead atoms. The van der Waals surface area contributed by atoms with Crippen molar-refractivity contribution in [3.05, 3.63) is 16.3 Å².